The normalized spacial score (nSPS) is 10.9. The number of benzene rings is 2. The topological polar surface area (TPSA) is 150 Å². The second-order valence-corrected chi connectivity index (χ2v) is 7.02. The molecule has 0 aliphatic carbocycles. The minimum Gasteiger partial charge on any atom is -0.322 e. The Morgan fingerprint density at radius 3 is 1.84 bits per heavy atom. The molecule has 2 aromatic carbocycles. The van der Waals surface area contributed by atoms with E-state index < -0.39 is 37.0 Å². The quantitative estimate of drug-likeness (QED) is 0.630. The smallest absolute Gasteiger partial charge is 0.277 e. The lowest BCUT2D eigenvalue weighted by Gasteiger charge is -2.06. The summed E-state index contributed by atoms with van der Waals surface area (Å²) < 4.78 is 22.8. The number of anilines is 1. The zero-order valence-electron chi connectivity index (χ0n) is 12.7. The molecule has 1 N–H and O–H groups in total. The Balaban J connectivity index is 2.31. The fourth-order valence-corrected chi connectivity index (χ4v) is 2.56. The molecule has 2 rings (SSSR count). The highest BCUT2D eigenvalue weighted by Crippen LogP contribution is 2.23. The van der Waals surface area contributed by atoms with Gasteiger partial charge in [0.05, 0.1) is 26.4 Å². The molecule has 0 aliphatic rings. The van der Waals surface area contributed by atoms with Crippen molar-refractivity contribution in [1.82, 2.24) is 0 Å². The minimum atomic E-state index is -3.39. The Morgan fingerprint density at radius 2 is 1.44 bits per heavy atom. The van der Waals surface area contributed by atoms with Gasteiger partial charge in [0.25, 0.3) is 17.3 Å². The van der Waals surface area contributed by atoms with Crippen LogP contribution in [-0.4, -0.2) is 30.4 Å². The second-order valence-electron chi connectivity index (χ2n) is 5.00. The van der Waals surface area contributed by atoms with Crippen LogP contribution >= 0.6 is 0 Å². The molecule has 11 heteroatoms. The van der Waals surface area contributed by atoms with E-state index in [9.17, 15) is 33.4 Å². The lowest BCUT2D eigenvalue weighted by Crippen LogP contribution is -2.12. The molecule has 0 heterocycles. The molecule has 0 aliphatic heterocycles. The molecule has 0 bridgehead atoms. The summed E-state index contributed by atoms with van der Waals surface area (Å²) in [5.74, 6) is -0.807. The number of amides is 1. The molecular weight excluding hydrogens is 354 g/mol. The van der Waals surface area contributed by atoms with Crippen LogP contribution in [0.5, 0.6) is 0 Å². The SMILES string of the molecule is CS(=O)(=O)c1ccc(NC(=O)c2cc([N+](=O)[O-])cc([N+](=O)[O-])c2)cc1. The number of carbonyl (C=O) groups is 1. The van der Waals surface area contributed by atoms with Crippen LogP contribution in [0.4, 0.5) is 17.1 Å². The molecule has 10 nitrogen and oxygen atoms in total. The van der Waals surface area contributed by atoms with Gasteiger partial charge in [0.2, 0.25) is 0 Å². The molecule has 2 aromatic rings. The van der Waals surface area contributed by atoms with Crippen molar-refractivity contribution in [2.45, 2.75) is 4.90 Å². The molecule has 1 amide bonds. The van der Waals surface area contributed by atoms with E-state index >= 15 is 0 Å². The number of hydrogen-bond donors (Lipinski definition) is 1. The Bertz CT molecular complexity index is 936. The van der Waals surface area contributed by atoms with Crippen molar-refractivity contribution in [1.29, 1.82) is 0 Å². The van der Waals surface area contributed by atoms with Gasteiger partial charge in [-0.15, -0.1) is 0 Å². The third-order valence-electron chi connectivity index (χ3n) is 3.13. The van der Waals surface area contributed by atoms with Gasteiger partial charge >= 0.3 is 0 Å². The monoisotopic (exact) mass is 365 g/mol. The largest absolute Gasteiger partial charge is 0.322 e. The predicted molar refractivity (Wildman–Crippen MR) is 87.3 cm³/mol. The Labute approximate surface area is 141 Å². The van der Waals surface area contributed by atoms with E-state index in [1.54, 1.807) is 0 Å². The molecule has 0 saturated carbocycles. The van der Waals surface area contributed by atoms with Gasteiger partial charge in [-0.1, -0.05) is 0 Å². The molecule has 0 aromatic heterocycles. The first kappa shape index (κ1) is 18.0. The van der Waals surface area contributed by atoms with Crippen LogP contribution in [0.25, 0.3) is 0 Å². The third-order valence-corrected chi connectivity index (χ3v) is 4.26. The summed E-state index contributed by atoms with van der Waals surface area (Å²) in [5.41, 5.74) is -1.22. The lowest BCUT2D eigenvalue weighted by molar-refractivity contribution is -0.394. The Morgan fingerprint density at radius 1 is 0.960 bits per heavy atom. The number of non-ortho nitro benzene ring substituents is 2. The highest BCUT2D eigenvalue weighted by molar-refractivity contribution is 7.90. The number of carbonyl (C=O) groups excluding carboxylic acids is 1. The third kappa shape index (κ3) is 4.35. The van der Waals surface area contributed by atoms with Crippen molar-refractivity contribution in [3.63, 3.8) is 0 Å². The van der Waals surface area contributed by atoms with Crippen LogP contribution in [0, 0.1) is 20.2 Å². The molecule has 25 heavy (non-hydrogen) atoms. The number of nitro groups is 2. The molecule has 0 saturated heterocycles. The van der Waals surface area contributed by atoms with Gasteiger partial charge in [0.15, 0.2) is 9.84 Å². The number of hydrogen-bond acceptors (Lipinski definition) is 7. The number of nitrogens with one attached hydrogen (secondary N) is 1. The number of nitrogens with zero attached hydrogens (tertiary/aromatic N) is 2. The first-order valence-corrected chi connectivity index (χ1v) is 8.52. The maximum absolute atomic E-state index is 12.2. The van der Waals surface area contributed by atoms with Crippen LogP contribution in [-0.2, 0) is 9.84 Å². The highest BCUT2D eigenvalue weighted by atomic mass is 32.2. The summed E-state index contributed by atoms with van der Waals surface area (Å²) in [6.07, 6.45) is 1.03. The minimum absolute atomic E-state index is 0.0523. The average Bonchev–Trinajstić information content (AvgIpc) is 2.53. The van der Waals surface area contributed by atoms with Crippen LogP contribution in [0.2, 0.25) is 0 Å². The van der Waals surface area contributed by atoms with Gasteiger partial charge in [-0.2, -0.15) is 0 Å². The Hall–Kier alpha value is -3.34. The van der Waals surface area contributed by atoms with Crippen molar-refractivity contribution in [3.05, 3.63) is 68.3 Å². The molecule has 0 radical (unpaired) electrons. The molecule has 0 spiro atoms. The molecule has 0 atom stereocenters. The Kier molecular flexibility index (Phi) is 4.79. The second kappa shape index (κ2) is 6.65. The van der Waals surface area contributed by atoms with E-state index in [1.807, 2.05) is 0 Å². The molecule has 130 valence electrons. The van der Waals surface area contributed by atoms with Crippen LogP contribution in [0.15, 0.2) is 47.4 Å². The van der Waals surface area contributed by atoms with E-state index in [0.717, 1.165) is 24.5 Å². The average molecular weight is 365 g/mol. The van der Waals surface area contributed by atoms with Crippen LogP contribution < -0.4 is 5.32 Å². The fourth-order valence-electron chi connectivity index (χ4n) is 1.93. The van der Waals surface area contributed by atoms with Gasteiger partial charge in [-0.05, 0) is 24.3 Å². The summed E-state index contributed by atoms with van der Waals surface area (Å²) in [7, 11) is -3.39. The van der Waals surface area contributed by atoms with E-state index in [4.69, 9.17) is 0 Å². The molecule has 0 unspecified atom stereocenters. The highest BCUT2D eigenvalue weighted by Gasteiger charge is 2.20. The van der Waals surface area contributed by atoms with Gasteiger partial charge in [0, 0.05) is 24.1 Å². The van der Waals surface area contributed by atoms with E-state index in [0.29, 0.717) is 0 Å². The maximum atomic E-state index is 12.2. The van der Waals surface area contributed by atoms with Crippen LogP contribution in [0.1, 0.15) is 10.4 Å². The zero-order chi connectivity index (χ0) is 18.8. The summed E-state index contributed by atoms with van der Waals surface area (Å²) >= 11 is 0. The van der Waals surface area contributed by atoms with Crippen molar-refractivity contribution >= 4 is 32.8 Å². The van der Waals surface area contributed by atoms with Gasteiger partial charge in [0.1, 0.15) is 0 Å². The van der Waals surface area contributed by atoms with Gasteiger partial charge in [-0.25, -0.2) is 8.42 Å². The van der Waals surface area contributed by atoms with Crippen LogP contribution in [0.3, 0.4) is 0 Å². The summed E-state index contributed by atoms with van der Waals surface area (Å²) in [6, 6.07) is 7.79. The van der Waals surface area contributed by atoms with Crippen molar-refractivity contribution in [3.8, 4) is 0 Å². The number of sulfone groups is 1. The van der Waals surface area contributed by atoms with Crippen molar-refractivity contribution < 1.29 is 23.1 Å². The molecule has 0 fully saturated rings. The zero-order valence-corrected chi connectivity index (χ0v) is 13.5. The summed E-state index contributed by atoms with van der Waals surface area (Å²) in [4.78, 5) is 32.2. The maximum Gasteiger partial charge on any atom is 0.277 e. The van der Waals surface area contributed by atoms with Gasteiger partial charge < -0.3 is 5.32 Å². The van der Waals surface area contributed by atoms with E-state index in [1.165, 1.54) is 24.3 Å². The molecular formula is C14H11N3O7S. The lowest BCUT2D eigenvalue weighted by atomic mass is 10.1. The first-order chi connectivity index (χ1) is 11.6. The first-order valence-electron chi connectivity index (χ1n) is 6.63. The standard InChI is InChI=1S/C14H11N3O7S/c1-25(23,24)13-4-2-10(3-5-13)15-14(18)9-6-11(16(19)20)8-12(7-9)17(21)22/h2-8H,1H3,(H,15,18). The number of rotatable bonds is 5. The van der Waals surface area contributed by atoms with Crippen molar-refractivity contribution in [2.24, 2.45) is 0 Å². The predicted octanol–water partition coefficient (Wildman–Crippen LogP) is 2.16. The number of nitro benzene ring substituents is 2. The fraction of sp³-hybridized carbons (Fsp3) is 0.0714. The summed E-state index contributed by atoms with van der Waals surface area (Å²) in [5, 5.41) is 24.1. The van der Waals surface area contributed by atoms with E-state index in [2.05, 4.69) is 5.32 Å². The van der Waals surface area contributed by atoms with E-state index in [-0.39, 0.29) is 16.1 Å². The van der Waals surface area contributed by atoms with Crippen molar-refractivity contribution in [2.75, 3.05) is 11.6 Å². The van der Waals surface area contributed by atoms with Gasteiger partial charge in [-0.3, -0.25) is 25.0 Å². The summed E-state index contributed by atoms with van der Waals surface area (Å²) in [6.45, 7) is 0.